The van der Waals surface area contributed by atoms with E-state index in [9.17, 15) is 9.59 Å². The first-order valence-electron chi connectivity index (χ1n) is 10.5. The van der Waals surface area contributed by atoms with Crippen molar-refractivity contribution in [1.82, 2.24) is 9.80 Å². The molecule has 1 aliphatic heterocycles. The van der Waals surface area contributed by atoms with Crippen molar-refractivity contribution < 1.29 is 9.59 Å². The van der Waals surface area contributed by atoms with Gasteiger partial charge in [-0.1, -0.05) is 26.3 Å². The normalized spacial score (nSPS) is 19.4. The van der Waals surface area contributed by atoms with Crippen LogP contribution in [0.4, 0.5) is 5.69 Å². The van der Waals surface area contributed by atoms with Gasteiger partial charge in [-0.3, -0.25) is 14.5 Å². The summed E-state index contributed by atoms with van der Waals surface area (Å²) in [5.41, 5.74) is 1.35. The molecule has 1 heterocycles. The quantitative estimate of drug-likeness (QED) is 0.719. The zero-order valence-corrected chi connectivity index (χ0v) is 18.1. The summed E-state index contributed by atoms with van der Waals surface area (Å²) in [5, 5.41) is 3.01. The molecule has 2 atom stereocenters. The molecule has 0 spiro atoms. The molecule has 6 heteroatoms. The van der Waals surface area contributed by atoms with Gasteiger partial charge in [-0.15, -0.1) is 0 Å². The Labute approximate surface area is 173 Å². The van der Waals surface area contributed by atoms with Gasteiger partial charge in [-0.25, -0.2) is 0 Å². The molecule has 5 nitrogen and oxygen atoms in total. The van der Waals surface area contributed by atoms with Gasteiger partial charge in [0.05, 0.1) is 6.54 Å². The highest BCUT2D eigenvalue weighted by Crippen LogP contribution is 2.31. The van der Waals surface area contributed by atoms with E-state index in [1.165, 1.54) is 12.8 Å². The third-order valence-corrected chi connectivity index (χ3v) is 6.97. The fourth-order valence-electron chi connectivity index (χ4n) is 3.73. The van der Waals surface area contributed by atoms with Crippen molar-refractivity contribution in [2.75, 3.05) is 36.5 Å². The molecule has 2 amide bonds. The van der Waals surface area contributed by atoms with Crippen molar-refractivity contribution in [3.05, 3.63) is 29.8 Å². The van der Waals surface area contributed by atoms with E-state index in [4.69, 9.17) is 0 Å². The maximum Gasteiger partial charge on any atom is 0.253 e. The number of benzene rings is 1. The smallest absolute Gasteiger partial charge is 0.253 e. The van der Waals surface area contributed by atoms with Crippen LogP contribution in [-0.2, 0) is 4.79 Å². The number of carbonyl (C=O) groups is 2. The van der Waals surface area contributed by atoms with Gasteiger partial charge in [0.15, 0.2) is 0 Å². The minimum Gasteiger partial charge on any atom is -0.337 e. The van der Waals surface area contributed by atoms with Crippen LogP contribution in [0.25, 0.3) is 0 Å². The molecule has 0 bridgehead atoms. The molecule has 3 rings (SSSR count). The predicted octanol–water partition coefficient (Wildman–Crippen LogP) is 3.71. The summed E-state index contributed by atoms with van der Waals surface area (Å²) < 4.78 is 0. The second-order valence-electron chi connectivity index (χ2n) is 8.06. The number of anilines is 1. The van der Waals surface area contributed by atoms with Gasteiger partial charge in [-0.05, 0) is 43.9 Å². The summed E-state index contributed by atoms with van der Waals surface area (Å²) in [5.74, 6) is 2.61. The van der Waals surface area contributed by atoms with Crippen LogP contribution in [-0.4, -0.2) is 64.8 Å². The van der Waals surface area contributed by atoms with Crippen molar-refractivity contribution in [3.63, 3.8) is 0 Å². The van der Waals surface area contributed by atoms with Crippen LogP contribution in [0.3, 0.4) is 0 Å². The third kappa shape index (κ3) is 5.51. The molecule has 1 aliphatic carbocycles. The Balaban J connectivity index is 1.61. The largest absolute Gasteiger partial charge is 0.337 e. The summed E-state index contributed by atoms with van der Waals surface area (Å²) in [6, 6.07) is 8.29. The van der Waals surface area contributed by atoms with Crippen molar-refractivity contribution in [2.45, 2.75) is 52.1 Å². The molecule has 2 fully saturated rings. The number of hydrogen-bond donors (Lipinski definition) is 1. The van der Waals surface area contributed by atoms with Gasteiger partial charge in [0, 0.05) is 47.9 Å². The summed E-state index contributed by atoms with van der Waals surface area (Å²) in [7, 11) is 0. The number of thioether (sulfide) groups is 1. The topological polar surface area (TPSA) is 52.7 Å². The fourth-order valence-corrected chi connectivity index (χ4v) is 4.63. The Morgan fingerprint density at radius 2 is 1.96 bits per heavy atom. The van der Waals surface area contributed by atoms with E-state index < -0.39 is 0 Å². The third-order valence-electron chi connectivity index (χ3n) is 6.02. The van der Waals surface area contributed by atoms with E-state index in [1.54, 1.807) is 0 Å². The molecule has 1 aromatic carbocycles. The summed E-state index contributed by atoms with van der Waals surface area (Å²) in [6.45, 7) is 8.70. The van der Waals surface area contributed by atoms with E-state index in [0.29, 0.717) is 35.8 Å². The fraction of sp³-hybridized carbons (Fsp3) is 0.636. The summed E-state index contributed by atoms with van der Waals surface area (Å²) in [6.07, 6.45) is 3.49. The lowest BCUT2D eigenvalue weighted by Gasteiger charge is -2.32. The highest BCUT2D eigenvalue weighted by Gasteiger charge is 2.34. The number of nitrogens with one attached hydrogen (secondary N) is 1. The van der Waals surface area contributed by atoms with Crippen molar-refractivity contribution in [2.24, 2.45) is 5.92 Å². The zero-order chi connectivity index (χ0) is 20.1. The maximum atomic E-state index is 12.7. The standard InChI is InChI=1S/C22H33N3O2S/c1-4-16(2)17(3)25(20-8-9-20)15-21(26)23-19-7-5-6-18(14-19)22(27)24-10-12-28-13-11-24/h5-7,14,16-17,20H,4,8-13,15H2,1-3H3,(H,23,26). The van der Waals surface area contributed by atoms with Gasteiger partial charge in [-0.2, -0.15) is 11.8 Å². The van der Waals surface area contributed by atoms with E-state index in [-0.39, 0.29) is 11.8 Å². The average Bonchev–Trinajstić information content (AvgIpc) is 3.56. The van der Waals surface area contributed by atoms with Crippen LogP contribution in [0.2, 0.25) is 0 Å². The number of rotatable bonds is 8. The lowest BCUT2D eigenvalue weighted by atomic mass is 9.99. The molecule has 2 unspecified atom stereocenters. The molecule has 1 N–H and O–H groups in total. The van der Waals surface area contributed by atoms with Gasteiger partial charge < -0.3 is 10.2 Å². The van der Waals surface area contributed by atoms with E-state index >= 15 is 0 Å². The molecular weight excluding hydrogens is 370 g/mol. The van der Waals surface area contributed by atoms with Gasteiger partial charge in [0.1, 0.15) is 0 Å². The van der Waals surface area contributed by atoms with Gasteiger partial charge >= 0.3 is 0 Å². The van der Waals surface area contributed by atoms with Crippen LogP contribution in [0.1, 0.15) is 50.4 Å². The van der Waals surface area contributed by atoms with E-state index in [1.807, 2.05) is 40.9 Å². The molecule has 2 aliphatic rings. The lowest BCUT2D eigenvalue weighted by Crippen LogP contribution is -2.43. The average molecular weight is 404 g/mol. The first-order valence-corrected chi connectivity index (χ1v) is 11.7. The second-order valence-corrected chi connectivity index (χ2v) is 9.29. The molecule has 1 saturated carbocycles. The minimum absolute atomic E-state index is 0.000949. The first kappa shape index (κ1) is 21.2. The van der Waals surface area contributed by atoms with Crippen molar-refractivity contribution >= 4 is 29.3 Å². The van der Waals surface area contributed by atoms with Crippen LogP contribution in [0.15, 0.2) is 24.3 Å². The molecule has 154 valence electrons. The van der Waals surface area contributed by atoms with Crippen LogP contribution < -0.4 is 5.32 Å². The lowest BCUT2D eigenvalue weighted by molar-refractivity contribution is -0.118. The van der Waals surface area contributed by atoms with Crippen LogP contribution in [0, 0.1) is 5.92 Å². The predicted molar refractivity (Wildman–Crippen MR) is 117 cm³/mol. The Kier molecular flexibility index (Phi) is 7.41. The number of amides is 2. The SMILES string of the molecule is CCC(C)C(C)N(CC(=O)Nc1cccc(C(=O)N2CCSCC2)c1)C1CC1. The zero-order valence-electron chi connectivity index (χ0n) is 17.3. The number of nitrogens with zero attached hydrogens (tertiary/aromatic N) is 2. The van der Waals surface area contributed by atoms with E-state index in [2.05, 4.69) is 31.0 Å². The Bertz CT molecular complexity index is 686. The number of hydrogen-bond acceptors (Lipinski definition) is 4. The monoisotopic (exact) mass is 403 g/mol. The first-order chi connectivity index (χ1) is 13.5. The molecular formula is C22H33N3O2S. The van der Waals surface area contributed by atoms with Crippen LogP contribution in [0.5, 0.6) is 0 Å². The summed E-state index contributed by atoms with van der Waals surface area (Å²) in [4.78, 5) is 29.7. The highest BCUT2D eigenvalue weighted by atomic mass is 32.2. The Hall–Kier alpha value is -1.53. The van der Waals surface area contributed by atoms with Crippen molar-refractivity contribution in [1.29, 1.82) is 0 Å². The Morgan fingerprint density at radius 1 is 1.25 bits per heavy atom. The van der Waals surface area contributed by atoms with Crippen molar-refractivity contribution in [3.8, 4) is 0 Å². The summed E-state index contributed by atoms with van der Waals surface area (Å²) >= 11 is 1.89. The van der Waals surface area contributed by atoms with Gasteiger partial charge in [0.2, 0.25) is 5.91 Å². The molecule has 0 radical (unpaired) electrons. The van der Waals surface area contributed by atoms with E-state index in [0.717, 1.165) is 31.0 Å². The minimum atomic E-state index is 0.000949. The Morgan fingerprint density at radius 3 is 2.61 bits per heavy atom. The molecule has 1 aromatic rings. The van der Waals surface area contributed by atoms with Crippen LogP contribution >= 0.6 is 11.8 Å². The second kappa shape index (κ2) is 9.79. The maximum absolute atomic E-state index is 12.7. The highest BCUT2D eigenvalue weighted by molar-refractivity contribution is 7.99. The molecule has 28 heavy (non-hydrogen) atoms. The molecule has 0 aromatic heterocycles. The van der Waals surface area contributed by atoms with Gasteiger partial charge in [0.25, 0.3) is 5.91 Å². The molecule has 1 saturated heterocycles. The number of carbonyl (C=O) groups excluding carboxylic acids is 2.